The molecule has 0 aliphatic carbocycles. The minimum absolute atomic E-state index is 0.0774. The largest absolute Gasteiger partial charge is 0.306 e. The van der Waals surface area contributed by atoms with Gasteiger partial charge in [0.05, 0.1) is 11.1 Å². The number of hydrogen-bond acceptors (Lipinski definition) is 3. The summed E-state index contributed by atoms with van der Waals surface area (Å²) in [6, 6.07) is 1.94. The van der Waals surface area contributed by atoms with E-state index >= 15 is 0 Å². The summed E-state index contributed by atoms with van der Waals surface area (Å²) in [6.45, 7) is 3.95. The van der Waals surface area contributed by atoms with E-state index in [0.29, 0.717) is 5.82 Å². The fraction of sp³-hybridized carbons (Fsp3) is 0.273. The van der Waals surface area contributed by atoms with Crippen molar-refractivity contribution < 1.29 is 4.79 Å². The van der Waals surface area contributed by atoms with Crippen LogP contribution in [0.5, 0.6) is 0 Å². The number of H-pyrrole nitrogens is 1. The van der Waals surface area contributed by atoms with Crippen LogP contribution in [0.2, 0.25) is 0 Å². The normalized spacial score (nSPS) is 10.4. The number of nitrogens with zero attached hydrogens (tertiary/aromatic N) is 1. The Balaban J connectivity index is 2.17. The molecule has 2 aromatic rings. The molecule has 0 saturated heterocycles. The van der Waals surface area contributed by atoms with Crippen LogP contribution in [0.1, 0.15) is 27.7 Å². The predicted molar refractivity (Wildman–Crippen MR) is 65.0 cm³/mol. The quantitative estimate of drug-likeness (QED) is 0.859. The molecule has 0 aliphatic rings. The molecule has 2 rings (SSSR count). The van der Waals surface area contributed by atoms with Crippen molar-refractivity contribution in [2.75, 3.05) is 5.32 Å². The van der Waals surface area contributed by atoms with Gasteiger partial charge < -0.3 is 5.32 Å². The molecule has 0 fully saturated rings. The first-order valence-electron chi connectivity index (χ1n) is 5.10. The molecule has 0 bridgehead atoms. The average Bonchev–Trinajstić information content (AvgIpc) is 2.86. The molecular weight excluding hydrogens is 222 g/mol. The third-order valence-electron chi connectivity index (χ3n) is 2.41. The van der Waals surface area contributed by atoms with Crippen molar-refractivity contribution in [1.82, 2.24) is 10.2 Å². The second-order valence-corrected chi connectivity index (χ2v) is 4.43. The van der Waals surface area contributed by atoms with E-state index in [1.54, 1.807) is 6.20 Å². The lowest BCUT2D eigenvalue weighted by molar-refractivity contribution is 0.102. The van der Waals surface area contributed by atoms with Gasteiger partial charge in [-0.05, 0) is 30.4 Å². The van der Waals surface area contributed by atoms with Crippen LogP contribution in [-0.2, 0) is 6.42 Å². The van der Waals surface area contributed by atoms with Gasteiger partial charge in [0.25, 0.3) is 5.91 Å². The number of carbonyl (C=O) groups excluding carboxylic acids is 1. The third kappa shape index (κ3) is 1.99. The van der Waals surface area contributed by atoms with Gasteiger partial charge in [-0.15, -0.1) is 11.3 Å². The zero-order valence-corrected chi connectivity index (χ0v) is 10.0. The number of aryl methyl sites for hydroxylation is 2. The van der Waals surface area contributed by atoms with E-state index in [1.165, 1.54) is 11.3 Å². The lowest BCUT2D eigenvalue weighted by Gasteiger charge is -2.03. The maximum Gasteiger partial charge on any atom is 0.267 e. The van der Waals surface area contributed by atoms with Crippen LogP contribution in [0, 0.1) is 6.92 Å². The summed E-state index contributed by atoms with van der Waals surface area (Å²) >= 11 is 1.45. The van der Waals surface area contributed by atoms with Crippen molar-refractivity contribution in [2.24, 2.45) is 0 Å². The third-order valence-corrected chi connectivity index (χ3v) is 3.42. The predicted octanol–water partition coefficient (Wildman–Crippen LogP) is 2.59. The van der Waals surface area contributed by atoms with Crippen LogP contribution in [0.3, 0.4) is 0 Å². The van der Waals surface area contributed by atoms with Gasteiger partial charge in [0.15, 0.2) is 0 Å². The molecule has 2 N–H and O–H groups in total. The van der Waals surface area contributed by atoms with Gasteiger partial charge >= 0.3 is 0 Å². The van der Waals surface area contributed by atoms with Gasteiger partial charge in [-0.2, -0.15) is 5.10 Å². The van der Waals surface area contributed by atoms with Crippen LogP contribution in [0.25, 0.3) is 0 Å². The highest BCUT2D eigenvalue weighted by Gasteiger charge is 2.12. The minimum atomic E-state index is -0.0774. The van der Waals surface area contributed by atoms with E-state index < -0.39 is 0 Å². The van der Waals surface area contributed by atoms with Gasteiger partial charge in [-0.3, -0.25) is 9.89 Å². The van der Waals surface area contributed by atoms with Gasteiger partial charge in [-0.1, -0.05) is 6.92 Å². The Bertz CT molecular complexity index is 501. The van der Waals surface area contributed by atoms with E-state index in [0.717, 1.165) is 22.4 Å². The SMILES string of the molecule is CCc1cn[nH]c1NC(=O)c1sccc1C. The Kier molecular flexibility index (Phi) is 3.05. The van der Waals surface area contributed by atoms with Crippen LogP contribution >= 0.6 is 11.3 Å². The van der Waals surface area contributed by atoms with Crippen molar-refractivity contribution in [2.45, 2.75) is 20.3 Å². The van der Waals surface area contributed by atoms with Gasteiger partial charge in [0.2, 0.25) is 0 Å². The first-order valence-corrected chi connectivity index (χ1v) is 5.98. The van der Waals surface area contributed by atoms with Crippen molar-refractivity contribution in [3.05, 3.63) is 33.6 Å². The highest BCUT2D eigenvalue weighted by atomic mass is 32.1. The first kappa shape index (κ1) is 10.9. The number of hydrogen-bond donors (Lipinski definition) is 2. The summed E-state index contributed by atoms with van der Waals surface area (Å²) in [5.74, 6) is 0.617. The fourth-order valence-electron chi connectivity index (χ4n) is 1.46. The number of thiophene rings is 1. The topological polar surface area (TPSA) is 57.8 Å². The summed E-state index contributed by atoms with van der Waals surface area (Å²) in [5, 5.41) is 11.5. The molecule has 0 aromatic carbocycles. The Morgan fingerprint density at radius 2 is 2.44 bits per heavy atom. The summed E-state index contributed by atoms with van der Waals surface area (Å²) in [5.41, 5.74) is 2.02. The molecular formula is C11H13N3OS. The van der Waals surface area contributed by atoms with Crippen molar-refractivity contribution in [1.29, 1.82) is 0 Å². The van der Waals surface area contributed by atoms with Crippen LogP contribution < -0.4 is 5.32 Å². The summed E-state index contributed by atoms with van der Waals surface area (Å²) in [4.78, 5) is 12.7. The second-order valence-electron chi connectivity index (χ2n) is 3.51. The zero-order valence-electron chi connectivity index (χ0n) is 9.20. The number of amides is 1. The van der Waals surface area contributed by atoms with Crippen LogP contribution in [0.4, 0.5) is 5.82 Å². The van der Waals surface area contributed by atoms with Gasteiger partial charge in [0.1, 0.15) is 5.82 Å². The number of carbonyl (C=O) groups is 1. The molecule has 0 atom stereocenters. The number of rotatable bonds is 3. The van der Waals surface area contributed by atoms with Crippen LogP contribution in [-0.4, -0.2) is 16.1 Å². The van der Waals surface area contributed by atoms with Crippen LogP contribution in [0.15, 0.2) is 17.6 Å². The molecule has 0 unspecified atom stereocenters. The molecule has 2 heterocycles. The van der Waals surface area contributed by atoms with E-state index in [4.69, 9.17) is 0 Å². The summed E-state index contributed by atoms with van der Waals surface area (Å²) in [7, 11) is 0. The average molecular weight is 235 g/mol. The van der Waals surface area contributed by atoms with E-state index in [1.807, 2.05) is 25.3 Å². The van der Waals surface area contributed by atoms with Crippen molar-refractivity contribution in [3.63, 3.8) is 0 Å². The number of nitrogens with one attached hydrogen (secondary N) is 2. The smallest absolute Gasteiger partial charge is 0.267 e. The molecule has 0 aliphatic heterocycles. The molecule has 0 spiro atoms. The Labute approximate surface area is 97.7 Å². The fourth-order valence-corrected chi connectivity index (χ4v) is 2.28. The zero-order chi connectivity index (χ0) is 11.5. The van der Waals surface area contributed by atoms with E-state index in [2.05, 4.69) is 15.5 Å². The number of aromatic amines is 1. The molecule has 84 valence electrons. The van der Waals surface area contributed by atoms with Crippen molar-refractivity contribution in [3.8, 4) is 0 Å². The molecule has 0 saturated carbocycles. The van der Waals surface area contributed by atoms with E-state index in [-0.39, 0.29) is 5.91 Å². The summed E-state index contributed by atoms with van der Waals surface area (Å²) in [6.07, 6.45) is 2.58. The Morgan fingerprint density at radius 1 is 1.62 bits per heavy atom. The van der Waals surface area contributed by atoms with Gasteiger partial charge in [-0.25, -0.2) is 0 Å². The monoisotopic (exact) mass is 235 g/mol. The minimum Gasteiger partial charge on any atom is -0.306 e. The molecule has 16 heavy (non-hydrogen) atoms. The second kappa shape index (κ2) is 4.49. The molecule has 1 amide bonds. The standard InChI is InChI=1S/C11H13N3OS/c1-3-8-6-12-14-10(8)13-11(15)9-7(2)4-5-16-9/h4-6H,3H2,1-2H3,(H2,12,13,14,15). The maximum atomic E-state index is 11.9. The molecule has 4 nitrogen and oxygen atoms in total. The molecule has 0 radical (unpaired) electrons. The van der Waals surface area contributed by atoms with Gasteiger partial charge in [0, 0.05) is 5.56 Å². The highest BCUT2D eigenvalue weighted by molar-refractivity contribution is 7.12. The number of anilines is 1. The molecule has 5 heteroatoms. The Morgan fingerprint density at radius 3 is 3.06 bits per heavy atom. The lowest BCUT2D eigenvalue weighted by Crippen LogP contribution is -2.12. The first-order chi connectivity index (χ1) is 7.72. The number of aromatic nitrogens is 2. The lowest BCUT2D eigenvalue weighted by atomic mass is 10.2. The highest BCUT2D eigenvalue weighted by Crippen LogP contribution is 2.18. The van der Waals surface area contributed by atoms with Crippen molar-refractivity contribution >= 4 is 23.1 Å². The Hall–Kier alpha value is -1.62. The summed E-state index contributed by atoms with van der Waals surface area (Å²) < 4.78 is 0. The maximum absolute atomic E-state index is 11.9. The molecule has 2 aromatic heterocycles. The van der Waals surface area contributed by atoms with E-state index in [9.17, 15) is 4.79 Å².